The zero-order chi connectivity index (χ0) is 17.1. The number of hydrogen-bond acceptors (Lipinski definition) is 3. The Bertz CT molecular complexity index is 487. The summed E-state index contributed by atoms with van der Waals surface area (Å²) < 4.78 is 5.08. The minimum Gasteiger partial charge on any atom is -0.508 e. The second-order valence-electron chi connectivity index (χ2n) is 6.06. The monoisotopic (exact) mass is 321 g/mol. The van der Waals surface area contributed by atoms with Gasteiger partial charge in [0.2, 0.25) is 0 Å². The number of nitrogens with one attached hydrogen (secondary N) is 2. The highest BCUT2D eigenvalue weighted by atomic mass is 16.5. The molecule has 0 aliphatic rings. The van der Waals surface area contributed by atoms with Crippen LogP contribution in [0.1, 0.15) is 38.7 Å². The summed E-state index contributed by atoms with van der Waals surface area (Å²) in [5.41, 5.74) is 0.894. The minimum absolute atomic E-state index is 0.266. The zero-order valence-corrected chi connectivity index (χ0v) is 14.9. The first-order valence-electron chi connectivity index (χ1n) is 8.37. The highest BCUT2D eigenvalue weighted by molar-refractivity contribution is 5.79. The van der Waals surface area contributed by atoms with Crippen LogP contribution in [0.15, 0.2) is 23.2 Å². The number of nitrogens with zero attached hydrogens (tertiary/aromatic N) is 1. The van der Waals surface area contributed by atoms with E-state index in [2.05, 4.69) is 29.5 Å². The largest absolute Gasteiger partial charge is 0.508 e. The Hall–Kier alpha value is -1.91. The molecule has 5 nitrogen and oxygen atoms in total. The fourth-order valence-electron chi connectivity index (χ4n) is 2.30. The summed E-state index contributed by atoms with van der Waals surface area (Å²) in [5.74, 6) is 2.51. The summed E-state index contributed by atoms with van der Waals surface area (Å²) in [4.78, 5) is 4.21. The van der Waals surface area contributed by atoms with E-state index in [1.54, 1.807) is 20.2 Å². The van der Waals surface area contributed by atoms with Crippen LogP contribution >= 0.6 is 0 Å². The predicted molar refractivity (Wildman–Crippen MR) is 96.4 cm³/mol. The Morgan fingerprint density at radius 2 is 1.96 bits per heavy atom. The number of aromatic hydroxyl groups is 1. The van der Waals surface area contributed by atoms with Gasteiger partial charge in [0.05, 0.1) is 7.11 Å². The van der Waals surface area contributed by atoms with E-state index in [0.29, 0.717) is 12.3 Å². The molecule has 0 aromatic heterocycles. The molecule has 1 aromatic carbocycles. The van der Waals surface area contributed by atoms with Crippen molar-refractivity contribution in [3.8, 4) is 11.5 Å². The highest BCUT2D eigenvalue weighted by Crippen LogP contribution is 2.23. The van der Waals surface area contributed by atoms with Gasteiger partial charge in [-0.1, -0.05) is 32.8 Å². The molecule has 0 unspecified atom stereocenters. The molecular formula is C18H31N3O2. The molecule has 1 rings (SSSR count). The van der Waals surface area contributed by atoms with E-state index in [-0.39, 0.29) is 5.75 Å². The number of hydrogen-bond donors (Lipinski definition) is 3. The van der Waals surface area contributed by atoms with E-state index in [1.165, 1.54) is 12.8 Å². The fraction of sp³-hybridized carbons (Fsp3) is 0.611. The lowest BCUT2D eigenvalue weighted by molar-refractivity contribution is 0.406. The summed E-state index contributed by atoms with van der Waals surface area (Å²) >= 11 is 0. The lowest BCUT2D eigenvalue weighted by Gasteiger charge is -2.13. The number of phenols is 1. The molecule has 1 aromatic rings. The molecular weight excluding hydrogens is 290 g/mol. The van der Waals surface area contributed by atoms with E-state index >= 15 is 0 Å². The first kappa shape index (κ1) is 19.1. The molecule has 0 bridgehead atoms. The molecule has 0 aliphatic heterocycles. The van der Waals surface area contributed by atoms with Gasteiger partial charge >= 0.3 is 0 Å². The third-order valence-corrected chi connectivity index (χ3v) is 3.70. The van der Waals surface area contributed by atoms with Gasteiger partial charge in [-0.3, -0.25) is 4.99 Å². The van der Waals surface area contributed by atoms with Gasteiger partial charge in [-0.05, 0) is 30.4 Å². The van der Waals surface area contributed by atoms with Gasteiger partial charge in [0.25, 0.3) is 0 Å². The minimum atomic E-state index is 0.266. The third-order valence-electron chi connectivity index (χ3n) is 3.70. The lowest BCUT2D eigenvalue weighted by atomic mass is 10.1. The summed E-state index contributed by atoms with van der Waals surface area (Å²) in [6.45, 7) is 6.15. The summed E-state index contributed by atoms with van der Waals surface area (Å²) in [7, 11) is 3.36. The van der Waals surface area contributed by atoms with E-state index in [9.17, 15) is 5.11 Å². The van der Waals surface area contributed by atoms with Crippen molar-refractivity contribution >= 4 is 5.96 Å². The van der Waals surface area contributed by atoms with Crippen molar-refractivity contribution < 1.29 is 9.84 Å². The van der Waals surface area contributed by atoms with Crippen molar-refractivity contribution in [3.63, 3.8) is 0 Å². The second-order valence-corrected chi connectivity index (χ2v) is 6.06. The van der Waals surface area contributed by atoms with Crippen LogP contribution in [0.25, 0.3) is 0 Å². The standard InChI is InChI=1S/C18H31N3O2/c1-14(2)7-5-6-11-20-18(19-3)21-12-10-15-8-9-16(23-4)13-17(15)22/h8-9,13-14,22H,5-7,10-12H2,1-4H3,(H2,19,20,21). The first-order valence-corrected chi connectivity index (χ1v) is 8.37. The molecule has 0 atom stereocenters. The maximum absolute atomic E-state index is 9.94. The molecule has 130 valence electrons. The number of benzene rings is 1. The van der Waals surface area contributed by atoms with Crippen LogP contribution in [-0.2, 0) is 6.42 Å². The number of ether oxygens (including phenoxy) is 1. The quantitative estimate of drug-likeness (QED) is 0.372. The molecule has 0 saturated carbocycles. The van der Waals surface area contributed by atoms with Gasteiger partial charge in [-0.2, -0.15) is 0 Å². The van der Waals surface area contributed by atoms with Crippen molar-refractivity contribution in [2.75, 3.05) is 27.2 Å². The van der Waals surface area contributed by atoms with Crippen LogP contribution in [0.3, 0.4) is 0 Å². The molecule has 0 spiro atoms. The molecule has 23 heavy (non-hydrogen) atoms. The predicted octanol–water partition coefficient (Wildman–Crippen LogP) is 2.93. The van der Waals surface area contributed by atoms with Crippen molar-refractivity contribution in [3.05, 3.63) is 23.8 Å². The van der Waals surface area contributed by atoms with Gasteiger partial charge in [0.15, 0.2) is 5.96 Å². The highest BCUT2D eigenvalue weighted by Gasteiger charge is 2.04. The summed E-state index contributed by atoms with van der Waals surface area (Å²) in [6.07, 6.45) is 4.38. The van der Waals surface area contributed by atoms with E-state index in [4.69, 9.17) is 4.74 Å². The summed E-state index contributed by atoms with van der Waals surface area (Å²) in [6, 6.07) is 5.38. The van der Waals surface area contributed by atoms with E-state index in [0.717, 1.165) is 36.8 Å². The maximum atomic E-state index is 9.94. The average molecular weight is 321 g/mol. The molecule has 0 heterocycles. The molecule has 5 heteroatoms. The normalized spacial score (nSPS) is 11.6. The van der Waals surface area contributed by atoms with E-state index in [1.807, 2.05) is 12.1 Å². The van der Waals surface area contributed by atoms with Crippen LogP contribution in [0, 0.1) is 5.92 Å². The number of rotatable bonds is 9. The number of guanidine groups is 1. The van der Waals surface area contributed by atoms with Crippen LogP contribution in [0.4, 0.5) is 0 Å². The van der Waals surface area contributed by atoms with Crippen molar-refractivity contribution in [1.82, 2.24) is 10.6 Å². The third kappa shape index (κ3) is 7.77. The smallest absolute Gasteiger partial charge is 0.190 e. The number of methoxy groups -OCH3 is 1. The van der Waals surface area contributed by atoms with Gasteiger partial charge in [0, 0.05) is 26.2 Å². The topological polar surface area (TPSA) is 65.9 Å². The number of aliphatic imine (C=N–C) groups is 1. The molecule has 0 fully saturated rings. The van der Waals surface area contributed by atoms with Crippen LogP contribution in [0.2, 0.25) is 0 Å². The molecule has 3 N–H and O–H groups in total. The lowest BCUT2D eigenvalue weighted by Crippen LogP contribution is -2.38. The summed E-state index contributed by atoms with van der Waals surface area (Å²) in [5, 5.41) is 16.5. The fourth-order valence-corrected chi connectivity index (χ4v) is 2.30. The Labute approximate surface area is 140 Å². The average Bonchev–Trinajstić information content (AvgIpc) is 2.53. The van der Waals surface area contributed by atoms with Gasteiger partial charge in [0.1, 0.15) is 11.5 Å². The van der Waals surface area contributed by atoms with Crippen molar-refractivity contribution in [2.24, 2.45) is 10.9 Å². The number of phenolic OH excluding ortho intramolecular Hbond substituents is 1. The van der Waals surface area contributed by atoms with Crippen molar-refractivity contribution in [1.29, 1.82) is 0 Å². The molecule has 0 amide bonds. The SMILES string of the molecule is CN=C(NCCCCC(C)C)NCCc1ccc(OC)cc1O. The number of unbranched alkanes of at least 4 members (excludes halogenated alkanes) is 1. The van der Waals surface area contributed by atoms with E-state index < -0.39 is 0 Å². The van der Waals surface area contributed by atoms with Crippen molar-refractivity contribution in [2.45, 2.75) is 39.5 Å². The van der Waals surface area contributed by atoms with Gasteiger partial charge in [-0.25, -0.2) is 0 Å². The van der Waals surface area contributed by atoms with Crippen LogP contribution in [0.5, 0.6) is 11.5 Å². The maximum Gasteiger partial charge on any atom is 0.190 e. The Balaban J connectivity index is 2.27. The van der Waals surface area contributed by atoms with Gasteiger partial charge < -0.3 is 20.5 Å². The van der Waals surface area contributed by atoms with Crippen LogP contribution in [-0.4, -0.2) is 38.3 Å². The first-order chi connectivity index (χ1) is 11.1. The Kier molecular flexibility index (Phi) is 8.95. The van der Waals surface area contributed by atoms with Gasteiger partial charge in [-0.15, -0.1) is 0 Å². The Morgan fingerprint density at radius 3 is 2.57 bits per heavy atom. The Morgan fingerprint density at radius 1 is 1.22 bits per heavy atom. The van der Waals surface area contributed by atoms with Crippen LogP contribution < -0.4 is 15.4 Å². The molecule has 0 radical (unpaired) electrons. The second kappa shape index (κ2) is 10.8. The zero-order valence-electron chi connectivity index (χ0n) is 14.9. The molecule has 0 saturated heterocycles. The molecule has 0 aliphatic carbocycles.